The van der Waals surface area contributed by atoms with Crippen molar-refractivity contribution in [2.75, 3.05) is 18.8 Å². The summed E-state index contributed by atoms with van der Waals surface area (Å²) in [5.41, 5.74) is 0.942. The van der Waals surface area contributed by atoms with Gasteiger partial charge in [-0.15, -0.1) is 11.3 Å². The van der Waals surface area contributed by atoms with Gasteiger partial charge in [0.2, 0.25) is 10.0 Å². The first-order valence-corrected chi connectivity index (χ1v) is 11.0. The molecule has 0 bridgehead atoms. The van der Waals surface area contributed by atoms with Crippen molar-refractivity contribution in [1.29, 1.82) is 0 Å². The Bertz CT molecular complexity index is 815. The van der Waals surface area contributed by atoms with Crippen LogP contribution >= 0.6 is 11.3 Å². The summed E-state index contributed by atoms with van der Waals surface area (Å²) >= 11 is 1.40. The molecule has 1 aromatic heterocycles. The molecule has 7 nitrogen and oxygen atoms in total. The number of carbonyl (C=O) groups is 2. The van der Waals surface area contributed by atoms with E-state index < -0.39 is 16.1 Å². The average Bonchev–Trinajstić information content (AvgIpc) is 3.14. The highest BCUT2D eigenvalue weighted by Gasteiger charge is 2.49. The molecular formula is C16H21N3O4S2. The second-order valence-electron chi connectivity index (χ2n) is 7.03. The van der Waals surface area contributed by atoms with Gasteiger partial charge in [0.25, 0.3) is 11.8 Å². The number of rotatable bonds is 3. The van der Waals surface area contributed by atoms with Gasteiger partial charge in [0, 0.05) is 25.2 Å². The van der Waals surface area contributed by atoms with Crippen molar-refractivity contribution in [2.45, 2.75) is 44.3 Å². The number of nitrogens with zero attached hydrogens (tertiary/aromatic N) is 2. The van der Waals surface area contributed by atoms with Crippen molar-refractivity contribution in [2.24, 2.45) is 0 Å². The van der Waals surface area contributed by atoms with Crippen molar-refractivity contribution in [3.63, 3.8) is 0 Å². The zero-order valence-corrected chi connectivity index (χ0v) is 15.6. The lowest BCUT2D eigenvalue weighted by molar-refractivity contribution is -0.130. The van der Waals surface area contributed by atoms with Gasteiger partial charge in [-0.25, -0.2) is 12.7 Å². The predicted molar refractivity (Wildman–Crippen MR) is 93.9 cm³/mol. The van der Waals surface area contributed by atoms with E-state index in [-0.39, 0.29) is 29.7 Å². The molecule has 3 aliphatic rings. The van der Waals surface area contributed by atoms with Gasteiger partial charge in [-0.1, -0.05) is 0 Å². The van der Waals surface area contributed by atoms with Gasteiger partial charge in [0.05, 0.1) is 16.7 Å². The van der Waals surface area contributed by atoms with Crippen LogP contribution in [0.2, 0.25) is 0 Å². The molecule has 1 aliphatic carbocycles. The lowest BCUT2D eigenvalue weighted by Gasteiger charge is -2.23. The van der Waals surface area contributed by atoms with E-state index in [9.17, 15) is 18.0 Å². The van der Waals surface area contributed by atoms with Crippen LogP contribution in [-0.2, 0) is 14.8 Å². The number of amides is 2. The fraction of sp³-hybridized carbons (Fsp3) is 0.625. The lowest BCUT2D eigenvalue weighted by Crippen LogP contribution is -2.45. The highest BCUT2D eigenvalue weighted by atomic mass is 32.2. The Morgan fingerprint density at radius 1 is 1.36 bits per heavy atom. The molecule has 1 saturated carbocycles. The third-order valence-corrected chi connectivity index (χ3v) is 7.92. The number of sulfonamides is 1. The molecule has 1 aromatic rings. The third kappa shape index (κ3) is 3.09. The first-order chi connectivity index (χ1) is 11.9. The van der Waals surface area contributed by atoms with Gasteiger partial charge < -0.3 is 5.32 Å². The standard InChI is InChI=1S/C16H21N3O4S2/c1-10-4-6-24-14(10)15(20)17-11-8-13-16(21)19(12-2-3-12)25(22,23)7-5-18(13)9-11/h4,6,11-13H,2-3,5,7-9H2,1H3,(H,17,20)/t11-,13-/m0/s1. The number of nitrogens with one attached hydrogen (secondary N) is 1. The van der Waals surface area contributed by atoms with Crippen LogP contribution in [-0.4, -0.2) is 66.4 Å². The first-order valence-electron chi connectivity index (χ1n) is 8.52. The maximum atomic E-state index is 12.8. The summed E-state index contributed by atoms with van der Waals surface area (Å²) in [5, 5.41) is 4.89. The molecular weight excluding hydrogens is 362 g/mol. The van der Waals surface area contributed by atoms with Gasteiger partial charge in [-0.05, 0) is 43.2 Å². The molecule has 4 rings (SSSR count). The molecule has 0 aromatic carbocycles. The summed E-state index contributed by atoms with van der Waals surface area (Å²) in [4.78, 5) is 27.8. The monoisotopic (exact) mass is 383 g/mol. The van der Waals surface area contributed by atoms with Crippen molar-refractivity contribution in [3.8, 4) is 0 Å². The van der Waals surface area contributed by atoms with Crippen LogP contribution in [0, 0.1) is 6.92 Å². The molecule has 0 unspecified atom stereocenters. The fourth-order valence-corrected chi connectivity index (χ4v) is 6.25. The quantitative estimate of drug-likeness (QED) is 0.824. The number of fused-ring (bicyclic) bond motifs is 1. The van der Waals surface area contributed by atoms with Crippen molar-refractivity contribution >= 4 is 33.2 Å². The summed E-state index contributed by atoms with van der Waals surface area (Å²) in [5.74, 6) is -0.463. The Morgan fingerprint density at radius 3 is 2.76 bits per heavy atom. The van der Waals surface area contributed by atoms with E-state index in [1.54, 1.807) is 0 Å². The van der Waals surface area contributed by atoms with Crippen molar-refractivity contribution < 1.29 is 18.0 Å². The topological polar surface area (TPSA) is 86.8 Å². The minimum Gasteiger partial charge on any atom is -0.347 e. The van der Waals surface area contributed by atoms with Gasteiger partial charge >= 0.3 is 0 Å². The summed E-state index contributed by atoms with van der Waals surface area (Å²) in [6.07, 6.45) is 1.98. The second-order valence-corrected chi connectivity index (χ2v) is 9.91. The maximum Gasteiger partial charge on any atom is 0.261 e. The molecule has 0 spiro atoms. The fourth-order valence-electron chi connectivity index (χ4n) is 3.70. The molecule has 3 heterocycles. The highest BCUT2D eigenvalue weighted by Crippen LogP contribution is 2.34. The summed E-state index contributed by atoms with van der Waals surface area (Å²) in [7, 11) is -3.51. The van der Waals surface area contributed by atoms with E-state index in [2.05, 4.69) is 5.32 Å². The first kappa shape index (κ1) is 17.0. The zero-order chi connectivity index (χ0) is 17.8. The smallest absolute Gasteiger partial charge is 0.261 e. The maximum absolute atomic E-state index is 12.8. The lowest BCUT2D eigenvalue weighted by atomic mass is 10.1. The van der Waals surface area contributed by atoms with E-state index in [4.69, 9.17) is 0 Å². The van der Waals surface area contributed by atoms with Crippen LogP contribution in [0.3, 0.4) is 0 Å². The van der Waals surface area contributed by atoms with E-state index in [0.717, 1.165) is 22.7 Å². The number of carbonyl (C=O) groups excluding carboxylic acids is 2. The van der Waals surface area contributed by atoms with Crippen LogP contribution in [0.15, 0.2) is 11.4 Å². The van der Waals surface area contributed by atoms with Crippen LogP contribution in [0.5, 0.6) is 0 Å². The number of hydrogen-bond acceptors (Lipinski definition) is 6. The van der Waals surface area contributed by atoms with Gasteiger partial charge in [-0.3, -0.25) is 14.5 Å². The minimum absolute atomic E-state index is 0.0313. The van der Waals surface area contributed by atoms with E-state index in [1.165, 1.54) is 11.3 Å². The van der Waals surface area contributed by atoms with Crippen molar-refractivity contribution in [1.82, 2.24) is 14.5 Å². The van der Waals surface area contributed by atoms with E-state index >= 15 is 0 Å². The average molecular weight is 383 g/mol. The molecule has 25 heavy (non-hydrogen) atoms. The molecule has 1 N–H and O–H groups in total. The van der Waals surface area contributed by atoms with E-state index in [1.807, 2.05) is 23.3 Å². The van der Waals surface area contributed by atoms with Crippen LogP contribution in [0.25, 0.3) is 0 Å². The zero-order valence-electron chi connectivity index (χ0n) is 14.0. The molecule has 2 aliphatic heterocycles. The van der Waals surface area contributed by atoms with E-state index in [0.29, 0.717) is 24.4 Å². The summed E-state index contributed by atoms with van der Waals surface area (Å²) in [6, 6.07) is 1.17. The van der Waals surface area contributed by atoms with Crippen LogP contribution < -0.4 is 5.32 Å². The van der Waals surface area contributed by atoms with Crippen molar-refractivity contribution in [3.05, 3.63) is 21.9 Å². The Morgan fingerprint density at radius 2 is 2.12 bits per heavy atom. The number of hydrogen-bond donors (Lipinski definition) is 1. The van der Waals surface area contributed by atoms with Gasteiger partial charge in [-0.2, -0.15) is 0 Å². The molecule has 2 saturated heterocycles. The third-order valence-electron chi connectivity index (χ3n) is 5.12. The van der Waals surface area contributed by atoms with Crippen LogP contribution in [0.1, 0.15) is 34.5 Å². The summed E-state index contributed by atoms with van der Waals surface area (Å²) < 4.78 is 25.9. The highest BCUT2D eigenvalue weighted by molar-refractivity contribution is 7.89. The molecule has 3 fully saturated rings. The second kappa shape index (κ2) is 6.07. The Labute approximate surface area is 151 Å². The molecule has 0 radical (unpaired) electrons. The number of aryl methyl sites for hydroxylation is 1. The van der Waals surface area contributed by atoms with Crippen LogP contribution in [0.4, 0.5) is 0 Å². The molecule has 136 valence electrons. The minimum atomic E-state index is -3.51. The predicted octanol–water partition coefficient (Wildman–Crippen LogP) is 0.564. The Kier molecular flexibility index (Phi) is 4.12. The molecule has 2 atom stereocenters. The normalized spacial score (nSPS) is 29.3. The van der Waals surface area contributed by atoms with Gasteiger partial charge in [0.15, 0.2) is 0 Å². The largest absolute Gasteiger partial charge is 0.347 e. The van der Waals surface area contributed by atoms with Gasteiger partial charge in [0.1, 0.15) is 0 Å². The Balaban J connectivity index is 1.49. The SMILES string of the molecule is Cc1ccsc1C(=O)N[C@H]1C[C@H]2C(=O)N(C3CC3)S(=O)(=O)CCN2C1. The molecule has 2 amide bonds. The number of thiophene rings is 1. The Hall–Kier alpha value is -1.45. The summed E-state index contributed by atoms with van der Waals surface area (Å²) in [6.45, 7) is 2.75. The molecule has 9 heteroatoms.